The number of ketones is 1. The van der Waals surface area contributed by atoms with E-state index < -0.39 is 0 Å². The summed E-state index contributed by atoms with van der Waals surface area (Å²) < 4.78 is 0. The van der Waals surface area contributed by atoms with Crippen molar-refractivity contribution in [2.75, 3.05) is 0 Å². The van der Waals surface area contributed by atoms with E-state index >= 15 is 0 Å². The van der Waals surface area contributed by atoms with Gasteiger partial charge in [-0.25, -0.2) is 0 Å². The van der Waals surface area contributed by atoms with E-state index in [4.69, 9.17) is 11.6 Å². The molecule has 0 unspecified atom stereocenters. The summed E-state index contributed by atoms with van der Waals surface area (Å²) in [4.78, 5) is 11.7. The summed E-state index contributed by atoms with van der Waals surface area (Å²) in [7, 11) is 0. The molecule has 0 atom stereocenters. The third-order valence-corrected chi connectivity index (χ3v) is 3.25. The number of hydrogen-bond donors (Lipinski definition) is 0. The average Bonchev–Trinajstić information content (AvgIpc) is 2.05. The first-order valence-electron chi connectivity index (χ1n) is 5.03. The van der Waals surface area contributed by atoms with Crippen molar-refractivity contribution in [2.45, 2.75) is 25.7 Å². The molecule has 1 aliphatic rings. The summed E-state index contributed by atoms with van der Waals surface area (Å²) in [5, 5.41) is 0.708. The van der Waals surface area contributed by atoms with Gasteiger partial charge in [-0.15, -0.1) is 0 Å². The van der Waals surface area contributed by atoms with Gasteiger partial charge in [-0.1, -0.05) is 36.2 Å². The molecule has 1 nitrogen and oxygen atoms in total. The van der Waals surface area contributed by atoms with Crippen LogP contribution in [0, 0.1) is 5.92 Å². The molecule has 74 valence electrons. The Labute approximate surface area is 89.1 Å². The molecule has 2 heteroatoms. The van der Waals surface area contributed by atoms with Crippen molar-refractivity contribution < 1.29 is 4.79 Å². The van der Waals surface area contributed by atoms with Crippen LogP contribution in [0.5, 0.6) is 0 Å². The summed E-state index contributed by atoms with van der Waals surface area (Å²) in [6.07, 6.45) is 3.86. The lowest BCUT2D eigenvalue weighted by Gasteiger charge is -2.23. The largest absolute Gasteiger partial charge is 0.299 e. The minimum absolute atomic E-state index is 0.311. The molecule has 1 aliphatic carbocycles. The van der Waals surface area contributed by atoms with Gasteiger partial charge in [0.15, 0.2) is 0 Å². The van der Waals surface area contributed by atoms with Gasteiger partial charge in [-0.05, 0) is 24.5 Å². The molecule has 1 saturated carbocycles. The smallest absolute Gasteiger partial charge is 0.140 e. The molecule has 0 bridgehead atoms. The number of Topliss-reactive ketones (excluding diaryl/α,β-unsaturated/α-hetero) is 1. The molecule has 1 fully saturated rings. The fraction of sp³-hybridized carbons (Fsp3) is 0.417. The third-order valence-electron chi connectivity index (χ3n) is 2.88. The van der Waals surface area contributed by atoms with Crippen LogP contribution in [0.25, 0.3) is 0 Å². The van der Waals surface area contributed by atoms with Crippen molar-refractivity contribution in [3.63, 3.8) is 0 Å². The first-order chi connectivity index (χ1) is 6.77. The molecule has 1 aromatic rings. The van der Waals surface area contributed by atoms with Crippen LogP contribution in [0.3, 0.4) is 0 Å². The maximum Gasteiger partial charge on any atom is 0.140 e. The van der Waals surface area contributed by atoms with Crippen LogP contribution in [0.4, 0.5) is 0 Å². The first-order valence-corrected chi connectivity index (χ1v) is 5.41. The summed E-state index contributed by atoms with van der Waals surface area (Å²) in [6, 6.07) is 7.58. The zero-order valence-corrected chi connectivity index (χ0v) is 8.76. The molecule has 0 heterocycles. The molecule has 2 rings (SSSR count). The highest BCUT2D eigenvalue weighted by atomic mass is 35.5. The van der Waals surface area contributed by atoms with Crippen molar-refractivity contribution >= 4 is 17.4 Å². The van der Waals surface area contributed by atoms with Gasteiger partial charge in [0, 0.05) is 17.4 Å². The predicted octanol–water partition coefficient (Wildman–Crippen LogP) is 3.25. The topological polar surface area (TPSA) is 17.1 Å². The van der Waals surface area contributed by atoms with Crippen LogP contribution in [0.2, 0.25) is 5.02 Å². The number of rotatable bonds is 3. The lowest BCUT2D eigenvalue weighted by Crippen LogP contribution is -2.23. The highest BCUT2D eigenvalue weighted by molar-refractivity contribution is 6.31. The number of carbonyl (C=O) groups excluding carboxylic acids is 1. The van der Waals surface area contributed by atoms with Crippen molar-refractivity contribution in [3.8, 4) is 0 Å². The molecule has 1 aromatic carbocycles. The number of benzene rings is 1. The van der Waals surface area contributed by atoms with E-state index in [2.05, 4.69) is 0 Å². The molecule has 0 aromatic heterocycles. The lowest BCUT2D eigenvalue weighted by molar-refractivity contribution is -0.124. The quantitative estimate of drug-likeness (QED) is 0.745. The Morgan fingerprint density at radius 3 is 2.64 bits per heavy atom. The summed E-state index contributed by atoms with van der Waals surface area (Å²) >= 11 is 5.98. The molecule has 0 amide bonds. The fourth-order valence-electron chi connectivity index (χ4n) is 1.70. The van der Waals surface area contributed by atoms with Crippen LogP contribution in [0.15, 0.2) is 24.3 Å². The van der Waals surface area contributed by atoms with Gasteiger partial charge >= 0.3 is 0 Å². The van der Waals surface area contributed by atoms with Gasteiger partial charge in [0.1, 0.15) is 5.78 Å². The van der Waals surface area contributed by atoms with E-state index in [9.17, 15) is 4.79 Å². The lowest BCUT2D eigenvalue weighted by atomic mass is 9.80. The molecular formula is C12H13ClO. The van der Waals surface area contributed by atoms with Gasteiger partial charge in [0.25, 0.3) is 0 Å². The number of hydrogen-bond acceptors (Lipinski definition) is 1. The van der Waals surface area contributed by atoms with Gasteiger partial charge in [-0.2, -0.15) is 0 Å². The van der Waals surface area contributed by atoms with Crippen molar-refractivity contribution in [2.24, 2.45) is 5.92 Å². The normalized spacial score (nSPS) is 16.4. The maximum atomic E-state index is 11.7. The first kappa shape index (κ1) is 9.72. The molecule has 0 aliphatic heterocycles. The van der Waals surface area contributed by atoms with E-state index in [0.717, 1.165) is 18.4 Å². The van der Waals surface area contributed by atoms with Crippen molar-refractivity contribution in [3.05, 3.63) is 34.9 Å². The molecule has 0 radical (unpaired) electrons. The van der Waals surface area contributed by atoms with Crippen molar-refractivity contribution in [1.29, 1.82) is 0 Å². The highest BCUT2D eigenvalue weighted by Gasteiger charge is 2.25. The standard InChI is InChI=1S/C12H13ClO/c13-11-7-2-1-4-10(11)8-12(14)9-5-3-6-9/h1-2,4,7,9H,3,5-6,8H2. The van der Waals surface area contributed by atoms with Crippen LogP contribution in [-0.2, 0) is 11.2 Å². The zero-order chi connectivity index (χ0) is 9.97. The van der Waals surface area contributed by atoms with E-state index in [1.54, 1.807) is 0 Å². The van der Waals surface area contributed by atoms with Crippen LogP contribution in [0.1, 0.15) is 24.8 Å². The maximum absolute atomic E-state index is 11.7. The SMILES string of the molecule is O=C(Cc1ccccc1Cl)C1CCC1. The Bertz CT molecular complexity index is 342. The Hall–Kier alpha value is -0.820. The minimum Gasteiger partial charge on any atom is -0.299 e. The van der Waals surface area contributed by atoms with Gasteiger partial charge < -0.3 is 0 Å². The number of halogens is 1. The van der Waals surface area contributed by atoms with Crippen molar-refractivity contribution in [1.82, 2.24) is 0 Å². The highest BCUT2D eigenvalue weighted by Crippen LogP contribution is 2.29. The van der Waals surface area contributed by atoms with Gasteiger partial charge in [0.2, 0.25) is 0 Å². The Balaban J connectivity index is 2.03. The molecule has 0 N–H and O–H groups in total. The fourth-order valence-corrected chi connectivity index (χ4v) is 1.91. The molecular weight excluding hydrogens is 196 g/mol. The third kappa shape index (κ3) is 1.98. The minimum atomic E-state index is 0.311. The summed E-state index contributed by atoms with van der Waals surface area (Å²) in [6.45, 7) is 0. The van der Waals surface area contributed by atoms with Crippen LogP contribution < -0.4 is 0 Å². The van der Waals surface area contributed by atoms with E-state index in [1.165, 1.54) is 6.42 Å². The van der Waals surface area contributed by atoms with E-state index in [0.29, 0.717) is 23.1 Å². The zero-order valence-electron chi connectivity index (χ0n) is 8.00. The monoisotopic (exact) mass is 208 g/mol. The second-order valence-corrected chi connectivity index (χ2v) is 4.27. The van der Waals surface area contributed by atoms with Gasteiger partial charge in [-0.3, -0.25) is 4.79 Å². The van der Waals surface area contributed by atoms with Crippen LogP contribution in [-0.4, -0.2) is 5.78 Å². The number of carbonyl (C=O) groups is 1. The molecule has 0 spiro atoms. The predicted molar refractivity (Wildman–Crippen MR) is 57.5 cm³/mol. The molecule has 14 heavy (non-hydrogen) atoms. The Kier molecular flexibility index (Phi) is 2.87. The molecule has 0 saturated heterocycles. The van der Waals surface area contributed by atoms with Crippen LogP contribution >= 0.6 is 11.6 Å². The van der Waals surface area contributed by atoms with E-state index in [1.807, 2.05) is 24.3 Å². The second-order valence-electron chi connectivity index (χ2n) is 3.86. The summed E-state index contributed by atoms with van der Waals surface area (Å²) in [5.74, 6) is 0.663. The van der Waals surface area contributed by atoms with Gasteiger partial charge in [0.05, 0.1) is 0 Å². The Morgan fingerprint density at radius 2 is 2.07 bits per heavy atom. The Morgan fingerprint density at radius 1 is 1.36 bits per heavy atom. The van der Waals surface area contributed by atoms with E-state index in [-0.39, 0.29) is 0 Å². The summed E-state index contributed by atoms with van der Waals surface area (Å²) in [5.41, 5.74) is 0.964. The second kappa shape index (κ2) is 4.14. The average molecular weight is 209 g/mol.